The van der Waals surface area contributed by atoms with Crippen molar-refractivity contribution in [3.8, 4) is 0 Å². The smallest absolute Gasteiger partial charge is 0.0277 e. The molecule has 118 valence electrons. The number of benzene rings is 1. The Kier molecular flexibility index (Phi) is 5.80. The zero-order valence-corrected chi connectivity index (χ0v) is 14.2. The molecule has 21 heavy (non-hydrogen) atoms. The number of nitrogens with one attached hydrogen (secondary N) is 1. The lowest BCUT2D eigenvalue weighted by Crippen LogP contribution is -2.57. The largest absolute Gasteiger partial charge is 0.317 e. The van der Waals surface area contributed by atoms with Crippen molar-refractivity contribution >= 4 is 0 Å². The van der Waals surface area contributed by atoms with Crippen molar-refractivity contribution in [1.29, 1.82) is 0 Å². The van der Waals surface area contributed by atoms with Crippen molar-refractivity contribution in [1.82, 2.24) is 15.1 Å². The van der Waals surface area contributed by atoms with Crippen LogP contribution in [0.4, 0.5) is 0 Å². The van der Waals surface area contributed by atoms with Crippen molar-refractivity contribution < 1.29 is 0 Å². The predicted molar refractivity (Wildman–Crippen MR) is 90.7 cm³/mol. The quantitative estimate of drug-likeness (QED) is 0.811. The topological polar surface area (TPSA) is 18.5 Å². The van der Waals surface area contributed by atoms with E-state index in [4.69, 9.17) is 0 Å². The lowest BCUT2D eigenvalue weighted by atomic mass is 9.98. The molecule has 0 radical (unpaired) electrons. The molecule has 0 spiro atoms. The second-order valence-corrected chi connectivity index (χ2v) is 6.82. The highest BCUT2D eigenvalue weighted by atomic mass is 15.3. The molecule has 1 heterocycles. The Morgan fingerprint density at radius 2 is 1.86 bits per heavy atom. The van der Waals surface area contributed by atoms with Crippen molar-refractivity contribution in [2.24, 2.45) is 0 Å². The van der Waals surface area contributed by atoms with Crippen molar-refractivity contribution in [2.75, 3.05) is 39.8 Å². The Bertz CT molecular complexity index is 442. The van der Waals surface area contributed by atoms with Crippen LogP contribution in [0.2, 0.25) is 0 Å². The molecular formula is C18H31N3. The fourth-order valence-corrected chi connectivity index (χ4v) is 3.07. The Labute approximate surface area is 130 Å². The molecule has 0 amide bonds. The third kappa shape index (κ3) is 4.53. The minimum atomic E-state index is 0.275. The zero-order valence-electron chi connectivity index (χ0n) is 14.2. The highest BCUT2D eigenvalue weighted by molar-refractivity contribution is 5.27. The number of nitrogens with zero attached hydrogens (tertiary/aromatic N) is 2. The number of likely N-dealkylation sites (N-methyl/N-ethyl adjacent to an activating group) is 2. The maximum Gasteiger partial charge on any atom is 0.0277 e. The van der Waals surface area contributed by atoms with Crippen LogP contribution in [0, 0.1) is 0 Å². The number of piperazine rings is 1. The van der Waals surface area contributed by atoms with Gasteiger partial charge in [-0.1, -0.05) is 31.2 Å². The average molecular weight is 289 g/mol. The summed E-state index contributed by atoms with van der Waals surface area (Å²) in [6.45, 7) is 13.5. The summed E-state index contributed by atoms with van der Waals surface area (Å²) in [4.78, 5) is 5.08. The molecule has 1 fully saturated rings. The molecule has 1 aromatic rings. The van der Waals surface area contributed by atoms with Crippen LogP contribution in [0.25, 0.3) is 0 Å². The molecule has 0 saturated carbocycles. The molecule has 0 atom stereocenters. The minimum Gasteiger partial charge on any atom is -0.317 e. The number of rotatable bonds is 6. The summed E-state index contributed by atoms with van der Waals surface area (Å²) in [6.07, 6.45) is 1.13. The van der Waals surface area contributed by atoms with Gasteiger partial charge in [0.25, 0.3) is 0 Å². The van der Waals surface area contributed by atoms with Crippen LogP contribution >= 0.6 is 0 Å². The lowest BCUT2D eigenvalue weighted by molar-refractivity contribution is 0.0359. The van der Waals surface area contributed by atoms with Gasteiger partial charge in [0, 0.05) is 31.7 Å². The van der Waals surface area contributed by atoms with Gasteiger partial charge in [-0.15, -0.1) is 0 Å². The van der Waals surface area contributed by atoms with E-state index in [1.807, 2.05) is 0 Å². The first kappa shape index (κ1) is 16.5. The van der Waals surface area contributed by atoms with Crippen LogP contribution < -0.4 is 5.32 Å². The summed E-state index contributed by atoms with van der Waals surface area (Å²) in [6, 6.07) is 8.92. The summed E-state index contributed by atoms with van der Waals surface area (Å²) >= 11 is 0. The molecule has 3 nitrogen and oxygen atoms in total. The monoisotopic (exact) mass is 289 g/mol. The molecular weight excluding hydrogens is 258 g/mol. The second kappa shape index (κ2) is 7.39. The third-order valence-electron chi connectivity index (χ3n) is 4.73. The second-order valence-electron chi connectivity index (χ2n) is 6.82. The highest BCUT2D eigenvalue weighted by Crippen LogP contribution is 2.21. The zero-order chi connectivity index (χ0) is 15.3. The fraction of sp³-hybridized carbons (Fsp3) is 0.667. The van der Waals surface area contributed by atoms with E-state index in [0.717, 1.165) is 39.1 Å². The van der Waals surface area contributed by atoms with E-state index in [2.05, 4.69) is 67.2 Å². The maximum absolute atomic E-state index is 3.43. The van der Waals surface area contributed by atoms with Gasteiger partial charge in [-0.05, 0) is 51.5 Å². The predicted octanol–water partition coefficient (Wildman–Crippen LogP) is 2.36. The molecule has 0 bridgehead atoms. The van der Waals surface area contributed by atoms with Gasteiger partial charge in [-0.3, -0.25) is 9.80 Å². The van der Waals surface area contributed by atoms with E-state index in [-0.39, 0.29) is 5.54 Å². The Morgan fingerprint density at radius 3 is 2.52 bits per heavy atom. The van der Waals surface area contributed by atoms with Crippen molar-refractivity contribution in [3.63, 3.8) is 0 Å². The first-order valence-corrected chi connectivity index (χ1v) is 8.24. The first-order valence-electron chi connectivity index (χ1n) is 8.24. The van der Waals surface area contributed by atoms with E-state index in [1.54, 1.807) is 0 Å². The van der Waals surface area contributed by atoms with E-state index < -0.39 is 0 Å². The van der Waals surface area contributed by atoms with Crippen LogP contribution in [0.15, 0.2) is 24.3 Å². The van der Waals surface area contributed by atoms with Gasteiger partial charge >= 0.3 is 0 Å². The molecule has 1 aliphatic heterocycles. The summed E-state index contributed by atoms with van der Waals surface area (Å²) in [5, 5.41) is 3.43. The van der Waals surface area contributed by atoms with Crippen molar-refractivity contribution in [2.45, 2.75) is 39.3 Å². The summed E-state index contributed by atoms with van der Waals surface area (Å²) in [5.74, 6) is 0. The highest BCUT2D eigenvalue weighted by Gasteiger charge is 2.30. The summed E-state index contributed by atoms with van der Waals surface area (Å²) < 4.78 is 0. The molecule has 1 aliphatic rings. The Morgan fingerprint density at radius 1 is 1.14 bits per heavy atom. The SMILES string of the molecule is CCNCCc1ccccc1CN1CCN(C)C(C)(C)C1. The lowest BCUT2D eigenvalue weighted by Gasteiger charge is -2.45. The van der Waals surface area contributed by atoms with Gasteiger partial charge in [0.05, 0.1) is 0 Å². The molecule has 2 rings (SSSR count). The van der Waals surface area contributed by atoms with Gasteiger partial charge in [0.2, 0.25) is 0 Å². The van der Waals surface area contributed by atoms with E-state index in [9.17, 15) is 0 Å². The molecule has 0 aromatic heterocycles. The summed E-state index contributed by atoms with van der Waals surface area (Å²) in [5.41, 5.74) is 3.27. The van der Waals surface area contributed by atoms with Gasteiger partial charge in [-0.2, -0.15) is 0 Å². The van der Waals surface area contributed by atoms with E-state index in [1.165, 1.54) is 17.7 Å². The number of hydrogen-bond acceptors (Lipinski definition) is 3. The van der Waals surface area contributed by atoms with Gasteiger partial charge < -0.3 is 5.32 Å². The normalized spacial score (nSPS) is 19.8. The van der Waals surface area contributed by atoms with Crippen LogP contribution in [0.3, 0.4) is 0 Å². The van der Waals surface area contributed by atoms with Gasteiger partial charge in [0.1, 0.15) is 0 Å². The van der Waals surface area contributed by atoms with Crippen LogP contribution in [-0.2, 0) is 13.0 Å². The third-order valence-corrected chi connectivity index (χ3v) is 4.73. The average Bonchev–Trinajstić information content (AvgIpc) is 2.45. The molecule has 0 aliphatic carbocycles. The van der Waals surface area contributed by atoms with E-state index >= 15 is 0 Å². The standard InChI is InChI=1S/C18H31N3/c1-5-19-11-10-16-8-6-7-9-17(16)14-21-13-12-20(4)18(2,3)15-21/h6-9,19H,5,10-15H2,1-4H3. The Balaban J connectivity index is 1.99. The number of hydrogen-bond donors (Lipinski definition) is 1. The fourth-order valence-electron chi connectivity index (χ4n) is 3.07. The molecule has 3 heteroatoms. The molecule has 0 unspecified atom stereocenters. The molecule has 1 N–H and O–H groups in total. The Hall–Kier alpha value is -0.900. The first-order chi connectivity index (χ1) is 10.0. The van der Waals surface area contributed by atoms with Gasteiger partial charge in [-0.25, -0.2) is 0 Å². The molecule has 1 aromatic carbocycles. The van der Waals surface area contributed by atoms with Crippen LogP contribution in [-0.4, -0.2) is 55.1 Å². The maximum atomic E-state index is 3.43. The molecule has 1 saturated heterocycles. The van der Waals surface area contributed by atoms with Crippen LogP contribution in [0.5, 0.6) is 0 Å². The van der Waals surface area contributed by atoms with Gasteiger partial charge in [0.15, 0.2) is 0 Å². The van der Waals surface area contributed by atoms with E-state index in [0.29, 0.717) is 0 Å². The van der Waals surface area contributed by atoms with Crippen molar-refractivity contribution in [3.05, 3.63) is 35.4 Å². The summed E-state index contributed by atoms with van der Waals surface area (Å²) in [7, 11) is 2.24. The minimum absolute atomic E-state index is 0.275. The van der Waals surface area contributed by atoms with Crippen LogP contribution in [0.1, 0.15) is 31.9 Å².